The van der Waals surface area contributed by atoms with E-state index in [1.807, 2.05) is 0 Å². The normalized spacial score (nSPS) is 21.3. The first-order valence-corrected chi connectivity index (χ1v) is 7.97. The minimum Gasteiger partial charge on any atom is -0.297 e. The minimum absolute atomic E-state index is 0.162. The molecule has 1 aromatic heterocycles. The lowest BCUT2D eigenvalue weighted by molar-refractivity contribution is 0.389. The highest BCUT2D eigenvalue weighted by Gasteiger charge is 2.42. The number of H-pyrrole nitrogens is 1. The van der Waals surface area contributed by atoms with Gasteiger partial charge >= 0.3 is 5.69 Å². The lowest BCUT2D eigenvalue weighted by Gasteiger charge is -2.17. The summed E-state index contributed by atoms with van der Waals surface area (Å²) >= 11 is 6.14. The Morgan fingerprint density at radius 1 is 1.30 bits per heavy atom. The third-order valence-corrected chi connectivity index (χ3v) is 5.44. The molecule has 0 saturated heterocycles. The van der Waals surface area contributed by atoms with Gasteiger partial charge < -0.3 is 0 Å². The Kier molecular flexibility index (Phi) is 3.53. The average molecular weight is 297 g/mol. The molecule has 2 fully saturated rings. The van der Waals surface area contributed by atoms with Crippen LogP contribution in [0.5, 0.6) is 0 Å². The van der Waals surface area contributed by atoms with Gasteiger partial charge in [-0.25, -0.2) is 4.79 Å². The predicted molar refractivity (Wildman–Crippen MR) is 79.5 cm³/mol. The lowest BCUT2D eigenvalue weighted by atomic mass is 10.00. The van der Waals surface area contributed by atoms with Gasteiger partial charge in [0, 0.05) is 6.54 Å². The van der Waals surface area contributed by atoms with Crippen molar-refractivity contribution in [2.24, 2.45) is 5.41 Å². The van der Waals surface area contributed by atoms with Gasteiger partial charge in [0.25, 0.3) is 5.56 Å². The van der Waals surface area contributed by atoms with Gasteiger partial charge in [0.05, 0.1) is 5.56 Å². The van der Waals surface area contributed by atoms with Crippen molar-refractivity contribution in [3.05, 3.63) is 31.6 Å². The summed E-state index contributed by atoms with van der Waals surface area (Å²) in [5.41, 5.74) is 0.278. The number of aromatic amines is 1. The van der Waals surface area contributed by atoms with E-state index in [0.29, 0.717) is 12.1 Å². The maximum atomic E-state index is 12.7. The fraction of sp³-hybridized carbons (Fsp3) is 0.733. The largest absolute Gasteiger partial charge is 0.329 e. The van der Waals surface area contributed by atoms with Crippen molar-refractivity contribution in [2.75, 3.05) is 0 Å². The quantitative estimate of drug-likeness (QED) is 0.868. The SMILES string of the molecule is CCC1(Cn2c(=O)[nH]c(Cl)c(C3CCCC3)c2=O)CC1. The smallest absolute Gasteiger partial charge is 0.297 e. The van der Waals surface area contributed by atoms with Gasteiger partial charge in [-0.15, -0.1) is 0 Å². The Hall–Kier alpha value is -1.03. The zero-order valence-electron chi connectivity index (χ0n) is 11.9. The highest BCUT2D eigenvalue weighted by molar-refractivity contribution is 6.30. The molecule has 0 radical (unpaired) electrons. The molecule has 4 nitrogen and oxygen atoms in total. The Bertz CT molecular complexity index is 622. The molecule has 20 heavy (non-hydrogen) atoms. The number of hydrogen-bond acceptors (Lipinski definition) is 2. The van der Waals surface area contributed by atoms with Crippen molar-refractivity contribution < 1.29 is 0 Å². The summed E-state index contributed by atoms with van der Waals surface area (Å²) in [6.07, 6.45) is 7.50. The molecule has 0 amide bonds. The summed E-state index contributed by atoms with van der Waals surface area (Å²) in [6.45, 7) is 2.66. The Labute approximate surface area is 123 Å². The highest BCUT2D eigenvalue weighted by atomic mass is 35.5. The van der Waals surface area contributed by atoms with Crippen LogP contribution >= 0.6 is 11.6 Å². The standard InChI is InChI=1S/C15H21ClN2O2/c1-2-15(7-8-15)9-18-13(19)11(10-5-3-4-6-10)12(16)17-14(18)20/h10H,2-9H2,1H3,(H,17,20). The van der Waals surface area contributed by atoms with Gasteiger partial charge in [-0.1, -0.05) is 31.4 Å². The maximum Gasteiger partial charge on any atom is 0.329 e. The van der Waals surface area contributed by atoms with Crippen molar-refractivity contribution in [1.82, 2.24) is 9.55 Å². The molecule has 2 saturated carbocycles. The molecule has 0 spiro atoms. The fourth-order valence-corrected chi connectivity index (χ4v) is 3.72. The zero-order valence-corrected chi connectivity index (χ0v) is 12.6. The van der Waals surface area contributed by atoms with E-state index in [-0.39, 0.29) is 27.7 Å². The number of halogens is 1. The van der Waals surface area contributed by atoms with Crippen molar-refractivity contribution in [2.45, 2.75) is 64.3 Å². The Morgan fingerprint density at radius 2 is 1.95 bits per heavy atom. The van der Waals surface area contributed by atoms with E-state index in [1.165, 1.54) is 4.57 Å². The molecule has 5 heteroatoms. The van der Waals surface area contributed by atoms with E-state index in [1.54, 1.807) is 0 Å². The molecule has 1 heterocycles. The van der Waals surface area contributed by atoms with E-state index in [0.717, 1.165) is 44.9 Å². The van der Waals surface area contributed by atoms with Crippen LogP contribution in [0.15, 0.2) is 9.59 Å². The molecular weight excluding hydrogens is 276 g/mol. The molecule has 1 N–H and O–H groups in total. The van der Waals surface area contributed by atoms with E-state index in [9.17, 15) is 9.59 Å². The molecule has 0 unspecified atom stereocenters. The molecule has 3 rings (SSSR count). The van der Waals surface area contributed by atoms with Gasteiger partial charge in [0.1, 0.15) is 5.15 Å². The van der Waals surface area contributed by atoms with Crippen LogP contribution in [0.2, 0.25) is 5.15 Å². The second kappa shape index (κ2) is 5.06. The van der Waals surface area contributed by atoms with Crippen molar-refractivity contribution >= 4 is 11.6 Å². The number of rotatable bonds is 4. The first kappa shape index (κ1) is 13.9. The van der Waals surface area contributed by atoms with E-state index >= 15 is 0 Å². The number of nitrogens with zero attached hydrogens (tertiary/aromatic N) is 1. The molecule has 2 aliphatic carbocycles. The molecule has 0 atom stereocenters. The fourth-order valence-electron chi connectivity index (χ4n) is 3.41. The monoisotopic (exact) mass is 296 g/mol. The summed E-state index contributed by atoms with van der Waals surface area (Å²) in [5.74, 6) is 0.217. The average Bonchev–Trinajstić information content (AvgIpc) is 3.00. The summed E-state index contributed by atoms with van der Waals surface area (Å²) in [6, 6.07) is 0. The van der Waals surface area contributed by atoms with Gasteiger partial charge in [0.2, 0.25) is 0 Å². The van der Waals surface area contributed by atoms with E-state index < -0.39 is 0 Å². The maximum absolute atomic E-state index is 12.7. The Balaban J connectivity index is 2.03. The number of hydrogen-bond donors (Lipinski definition) is 1. The predicted octanol–water partition coefficient (Wildman–Crippen LogP) is 3.04. The molecule has 0 bridgehead atoms. The molecular formula is C15H21ClN2O2. The molecule has 0 aliphatic heterocycles. The summed E-state index contributed by atoms with van der Waals surface area (Å²) in [7, 11) is 0. The first-order valence-electron chi connectivity index (χ1n) is 7.59. The number of aromatic nitrogens is 2. The van der Waals surface area contributed by atoms with Crippen LogP contribution in [0.25, 0.3) is 0 Å². The van der Waals surface area contributed by atoms with Crippen LogP contribution < -0.4 is 11.2 Å². The van der Waals surface area contributed by atoms with Crippen LogP contribution in [0.4, 0.5) is 0 Å². The van der Waals surface area contributed by atoms with Crippen LogP contribution in [0, 0.1) is 5.41 Å². The molecule has 1 aromatic rings. The Morgan fingerprint density at radius 3 is 2.50 bits per heavy atom. The van der Waals surface area contributed by atoms with Crippen LogP contribution in [-0.2, 0) is 6.54 Å². The molecule has 110 valence electrons. The highest BCUT2D eigenvalue weighted by Crippen LogP contribution is 2.49. The topological polar surface area (TPSA) is 54.9 Å². The summed E-state index contributed by atoms with van der Waals surface area (Å²) in [4.78, 5) is 27.4. The van der Waals surface area contributed by atoms with Gasteiger partial charge in [0.15, 0.2) is 0 Å². The molecule has 2 aliphatic rings. The van der Waals surface area contributed by atoms with E-state index in [4.69, 9.17) is 11.6 Å². The van der Waals surface area contributed by atoms with Gasteiger partial charge in [-0.2, -0.15) is 0 Å². The second-order valence-corrected chi connectivity index (χ2v) is 6.76. The third kappa shape index (κ3) is 2.34. The summed E-state index contributed by atoms with van der Waals surface area (Å²) in [5, 5.41) is 0.254. The molecule has 0 aromatic carbocycles. The van der Waals surface area contributed by atoms with Crippen molar-refractivity contribution in [3.8, 4) is 0 Å². The van der Waals surface area contributed by atoms with Gasteiger partial charge in [-0.05, 0) is 43.4 Å². The first-order chi connectivity index (χ1) is 9.56. The van der Waals surface area contributed by atoms with Crippen LogP contribution in [-0.4, -0.2) is 9.55 Å². The van der Waals surface area contributed by atoms with E-state index in [2.05, 4.69) is 11.9 Å². The summed E-state index contributed by atoms with van der Waals surface area (Å²) < 4.78 is 1.38. The minimum atomic E-state index is -0.360. The lowest BCUT2D eigenvalue weighted by Crippen LogP contribution is -2.40. The van der Waals surface area contributed by atoms with Crippen molar-refractivity contribution in [1.29, 1.82) is 0 Å². The number of nitrogens with one attached hydrogen (secondary N) is 1. The van der Waals surface area contributed by atoms with Gasteiger partial charge in [-0.3, -0.25) is 14.3 Å². The van der Waals surface area contributed by atoms with Crippen LogP contribution in [0.3, 0.4) is 0 Å². The van der Waals surface area contributed by atoms with Crippen LogP contribution in [0.1, 0.15) is 63.4 Å². The third-order valence-electron chi connectivity index (χ3n) is 5.14. The van der Waals surface area contributed by atoms with Crippen molar-refractivity contribution in [3.63, 3.8) is 0 Å². The second-order valence-electron chi connectivity index (χ2n) is 6.38. The zero-order chi connectivity index (χ0) is 14.3.